The van der Waals surface area contributed by atoms with Crippen molar-refractivity contribution in [2.75, 3.05) is 180 Å². The van der Waals surface area contributed by atoms with Gasteiger partial charge < -0.3 is 87.9 Å². The van der Waals surface area contributed by atoms with E-state index in [1.165, 1.54) is 49.0 Å². The van der Waals surface area contributed by atoms with Crippen molar-refractivity contribution in [1.82, 2.24) is 59.2 Å². The molecule has 0 aromatic heterocycles. The highest BCUT2D eigenvalue weighted by atomic mass is 32.1. The number of carbonyl (C=O) groups excluding carboxylic acids is 12. The minimum atomic E-state index is -0.814. The summed E-state index contributed by atoms with van der Waals surface area (Å²) < 4.78 is 0. The monoisotopic (exact) mass is 1530 g/mol. The third-order valence-electron chi connectivity index (χ3n) is 17.5. The van der Waals surface area contributed by atoms with Gasteiger partial charge in [0.2, 0.25) is 70.9 Å². The van der Waals surface area contributed by atoms with Crippen LogP contribution >= 0.6 is 50.5 Å². The van der Waals surface area contributed by atoms with Crippen LogP contribution in [0.5, 0.6) is 0 Å². The van der Waals surface area contributed by atoms with Gasteiger partial charge in [0.1, 0.15) is 19.6 Å². The van der Waals surface area contributed by atoms with Gasteiger partial charge in [-0.1, -0.05) is 121 Å². The van der Waals surface area contributed by atoms with Crippen LogP contribution in [0.2, 0.25) is 0 Å². The fourth-order valence-corrected chi connectivity index (χ4v) is 12.5. The molecule has 0 aliphatic rings. The lowest BCUT2D eigenvalue weighted by atomic mass is 10.1. The van der Waals surface area contributed by atoms with Gasteiger partial charge in [0, 0.05) is 102 Å². The lowest BCUT2D eigenvalue weighted by molar-refractivity contribution is -0.150. The maximum Gasteiger partial charge on any atom is 0.243 e. The summed E-state index contributed by atoms with van der Waals surface area (Å²) in [6.07, 6.45) is 0. The van der Waals surface area contributed by atoms with Gasteiger partial charge >= 0.3 is 0 Å². The van der Waals surface area contributed by atoms with E-state index in [1.54, 1.807) is 149 Å². The second kappa shape index (κ2) is 48.0. The lowest BCUT2D eigenvalue weighted by Crippen LogP contribution is -2.54. The summed E-state index contributed by atoms with van der Waals surface area (Å²) in [5, 5.41) is 2.94. The van der Waals surface area contributed by atoms with Gasteiger partial charge in [-0.25, -0.2) is 0 Å². The van der Waals surface area contributed by atoms with Crippen LogP contribution in [0.3, 0.4) is 0 Å². The number of nitrogens with zero attached hydrogens (tertiary/aromatic N) is 11. The predicted octanol–water partition coefficient (Wildman–Crippen LogP) is -0.225. The minimum Gasteiger partial charge on any atom is -0.368 e. The largest absolute Gasteiger partial charge is 0.368 e. The molecule has 0 saturated heterocycles. The number of nitrogens with one attached hydrogen (secondary N) is 1. The molecule has 0 radical (unpaired) electrons. The zero-order valence-electron chi connectivity index (χ0n) is 60.6. The number of thiol groups is 4. The van der Waals surface area contributed by atoms with Crippen molar-refractivity contribution >= 4 is 121 Å². The molecule has 0 saturated carbocycles. The first kappa shape index (κ1) is 89.1. The Morgan fingerprint density at radius 3 is 0.724 bits per heavy atom. The van der Waals surface area contributed by atoms with Gasteiger partial charge in [-0.05, 0) is 49.9 Å². The molecule has 0 bridgehead atoms. The van der Waals surface area contributed by atoms with Crippen LogP contribution in [-0.2, 0) is 57.5 Å². The molecule has 33 heteroatoms. The van der Waals surface area contributed by atoms with Crippen LogP contribution in [0.15, 0.2) is 121 Å². The summed E-state index contributed by atoms with van der Waals surface area (Å²) in [7, 11) is 0. The van der Waals surface area contributed by atoms with E-state index >= 15 is 0 Å². The lowest BCUT2D eigenvalue weighted by Gasteiger charge is -2.35. The average molecular weight is 1530 g/mol. The molecule has 0 aliphatic carbocycles. The van der Waals surface area contributed by atoms with Crippen molar-refractivity contribution in [2.24, 2.45) is 28.7 Å². The Hall–Kier alpha value is -8.28. The van der Waals surface area contributed by atoms with E-state index in [2.05, 4.69) is 55.8 Å². The van der Waals surface area contributed by atoms with Crippen molar-refractivity contribution in [3.63, 3.8) is 0 Å². The quantitative estimate of drug-likeness (QED) is 0.0202. The first-order valence-electron chi connectivity index (χ1n) is 34.9. The standard InChI is InChI=1S/C72H107N17O12S4/c1-53(57-17-9-5-10-18-57)86(42-61(77)90)69(98)47-83(34-38-103)63(92)43-79(30-26-74)67(96)51-88(55(3)59-21-13-7-14-22-59)71(100)49-85(36-40-105)65(94)45-81(32-28-76)68(97)52-89(56(4)60-23-15-8-16-24-60)72(101)48-84(35-39-104)64(93)44-80(31-27-75)66(95)50-87(54(2)58-19-11-6-12-20-58)70(99)46-82(33-37-102)62(91)41-78-29-25-73/h5-24,53-56,78,102-105H,25-52,73-76H2,1-4H3,(H2,77,90)/t53-,54-,55-,56-/m0/s1. The number of carbonyl (C=O) groups is 12. The molecule has 4 aromatic carbocycles. The molecule has 0 heterocycles. The number of nitrogens with two attached hydrogens (primary N) is 5. The van der Waals surface area contributed by atoms with E-state index in [1.807, 2.05) is 0 Å². The number of amides is 12. The van der Waals surface area contributed by atoms with Crippen LogP contribution in [0.4, 0.5) is 0 Å². The highest BCUT2D eigenvalue weighted by Gasteiger charge is 2.36. The SMILES string of the molecule is C[C@@H](c1ccccc1)N(CC(N)=O)C(=O)CN(CCS)C(=O)CN(CCN)C(=O)CN(C(=O)CN(CCS)C(=O)CN(CCN)C(=O)CN(C(=O)CN(CCS)C(=O)CN(CCN)C(=O)CN(C(=O)CN(CCS)C(=O)CNCCN)[C@@H](C)c1ccccc1)[C@@H](C)c1ccccc1)[C@@H](C)c1ccccc1. The molecule has 4 rings (SSSR count). The Morgan fingerprint density at radius 2 is 0.505 bits per heavy atom. The summed E-state index contributed by atoms with van der Waals surface area (Å²) in [4.78, 5) is 185. The molecule has 4 atom stereocenters. The molecule has 105 heavy (non-hydrogen) atoms. The van der Waals surface area contributed by atoms with E-state index in [9.17, 15) is 57.5 Å². The van der Waals surface area contributed by atoms with E-state index in [4.69, 9.17) is 28.7 Å². The van der Waals surface area contributed by atoms with E-state index in [0.717, 1.165) is 10.5 Å². The van der Waals surface area contributed by atoms with E-state index < -0.39 is 155 Å². The van der Waals surface area contributed by atoms with Gasteiger partial charge in [0.05, 0.1) is 83.1 Å². The van der Waals surface area contributed by atoms with Crippen LogP contribution in [0.1, 0.15) is 74.1 Å². The Morgan fingerprint density at radius 1 is 0.295 bits per heavy atom. The Bertz CT molecular complexity index is 3420. The molecule has 0 spiro atoms. The zero-order chi connectivity index (χ0) is 77.5. The molecule has 29 nitrogen and oxygen atoms in total. The van der Waals surface area contributed by atoms with E-state index in [0.29, 0.717) is 23.2 Å². The molecular weight excluding hydrogens is 1420 g/mol. The summed E-state index contributed by atoms with van der Waals surface area (Å²) >= 11 is 17.5. The Kier molecular flexibility index (Phi) is 40.8. The van der Waals surface area contributed by atoms with Crippen LogP contribution in [0.25, 0.3) is 0 Å². The molecule has 4 aromatic rings. The fourth-order valence-electron chi connectivity index (χ4n) is 11.5. The van der Waals surface area contributed by atoms with Crippen molar-refractivity contribution < 1.29 is 57.5 Å². The molecule has 11 N–H and O–H groups in total. The summed E-state index contributed by atoms with van der Waals surface area (Å²) in [5.74, 6) is -7.29. The normalized spacial score (nSPS) is 12.1. The van der Waals surface area contributed by atoms with Crippen molar-refractivity contribution in [1.29, 1.82) is 0 Å². The van der Waals surface area contributed by atoms with Crippen molar-refractivity contribution in [3.8, 4) is 0 Å². The maximum absolute atomic E-state index is 15.0. The highest BCUT2D eigenvalue weighted by molar-refractivity contribution is 7.80. The van der Waals surface area contributed by atoms with Crippen molar-refractivity contribution in [3.05, 3.63) is 144 Å². The van der Waals surface area contributed by atoms with E-state index in [-0.39, 0.29) is 114 Å². The van der Waals surface area contributed by atoms with Crippen LogP contribution in [0, 0.1) is 0 Å². The smallest absolute Gasteiger partial charge is 0.243 e. The zero-order valence-corrected chi connectivity index (χ0v) is 64.2. The molecular formula is C72H107N17O12S4. The second-order valence-electron chi connectivity index (χ2n) is 24.8. The summed E-state index contributed by atoms with van der Waals surface area (Å²) in [6.45, 7) is 0.533. The van der Waals surface area contributed by atoms with Crippen LogP contribution < -0.4 is 34.0 Å². The van der Waals surface area contributed by atoms with Gasteiger partial charge in [-0.3, -0.25) is 57.5 Å². The third-order valence-corrected chi connectivity index (χ3v) is 18.3. The van der Waals surface area contributed by atoms with Gasteiger partial charge in [0.15, 0.2) is 0 Å². The number of benzene rings is 4. The summed E-state index contributed by atoms with van der Waals surface area (Å²) in [6, 6.07) is 32.6. The molecule has 0 fully saturated rings. The molecule has 12 amide bonds. The Labute approximate surface area is 638 Å². The average Bonchev–Trinajstić information content (AvgIpc) is 0.844. The summed E-state index contributed by atoms with van der Waals surface area (Å²) in [5.41, 5.74) is 32.1. The predicted molar refractivity (Wildman–Crippen MR) is 416 cm³/mol. The topological polar surface area (TPSA) is 383 Å². The maximum atomic E-state index is 15.0. The number of hydrogen-bond acceptors (Lipinski definition) is 21. The Balaban J connectivity index is 1.61. The number of hydrogen-bond donors (Lipinski definition) is 10. The van der Waals surface area contributed by atoms with Gasteiger partial charge in [-0.2, -0.15) is 50.5 Å². The molecule has 0 aliphatic heterocycles. The highest BCUT2D eigenvalue weighted by Crippen LogP contribution is 2.26. The first-order chi connectivity index (χ1) is 50.3. The van der Waals surface area contributed by atoms with Gasteiger partial charge in [-0.15, -0.1) is 0 Å². The number of primary amides is 1. The third kappa shape index (κ3) is 29.2. The molecule has 0 unspecified atom stereocenters. The minimum absolute atomic E-state index is 0.0202. The molecule has 576 valence electrons. The number of rotatable bonds is 48. The van der Waals surface area contributed by atoms with Gasteiger partial charge in [0.25, 0.3) is 0 Å². The first-order valence-corrected chi connectivity index (χ1v) is 37.4. The van der Waals surface area contributed by atoms with Crippen molar-refractivity contribution in [2.45, 2.75) is 51.9 Å². The second-order valence-corrected chi connectivity index (χ2v) is 26.6. The fraction of sp³-hybridized carbons (Fsp3) is 0.500. The van der Waals surface area contributed by atoms with Crippen LogP contribution in [-0.4, -0.2) is 305 Å².